The highest BCUT2D eigenvalue weighted by atomic mass is 32.2. The molecule has 0 aliphatic carbocycles. The van der Waals surface area contributed by atoms with E-state index in [-0.39, 0.29) is 44.7 Å². The molecule has 0 heterocycles. The second kappa shape index (κ2) is 24.0. The van der Waals surface area contributed by atoms with Crippen LogP contribution in [-0.4, -0.2) is 89.2 Å². The summed E-state index contributed by atoms with van der Waals surface area (Å²) in [5.74, 6) is 0.572. The van der Waals surface area contributed by atoms with Crippen LogP contribution in [0.2, 0.25) is 0 Å². The van der Waals surface area contributed by atoms with Gasteiger partial charge in [0.05, 0.1) is 46.1 Å². The molecular weight excluding hydrogens is 548 g/mol. The summed E-state index contributed by atoms with van der Waals surface area (Å²) in [6.45, 7) is 11.8. The SMILES string of the molecule is CC(C)/C=C/CNC(=O)COCCOC(COc1cccc(NC(=O)CCOCCOCCNC(C)C)c1)SC#N. The van der Waals surface area contributed by atoms with Crippen LogP contribution in [0.5, 0.6) is 5.75 Å². The fourth-order valence-electron chi connectivity index (χ4n) is 3.10. The minimum atomic E-state index is -0.551. The average molecular weight is 595 g/mol. The van der Waals surface area contributed by atoms with Gasteiger partial charge in [-0.2, -0.15) is 5.26 Å². The highest BCUT2D eigenvalue weighted by molar-refractivity contribution is 8.04. The molecule has 1 rings (SSSR count). The number of nitriles is 1. The van der Waals surface area contributed by atoms with Crippen LogP contribution in [0.3, 0.4) is 0 Å². The molecule has 1 atom stereocenters. The van der Waals surface area contributed by atoms with Crippen LogP contribution >= 0.6 is 11.8 Å². The maximum absolute atomic E-state index is 12.2. The van der Waals surface area contributed by atoms with Gasteiger partial charge in [-0.3, -0.25) is 9.59 Å². The van der Waals surface area contributed by atoms with Crippen molar-refractivity contribution in [2.24, 2.45) is 5.92 Å². The van der Waals surface area contributed by atoms with Gasteiger partial charge in [0, 0.05) is 30.9 Å². The van der Waals surface area contributed by atoms with E-state index in [0.717, 1.165) is 18.3 Å². The molecule has 230 valence electrons. The number of rotatable bonds is 24. The molecule has 0 saturated heterocycles. The van der Waals surface area contributed by atoms with E-state index < -0.39 is 5.44 Å². The van der Waals surface area contributed by atoms with E-state index in [1.165, 1.54) is 0 Å². The van der Waals surface area contributed by atoms with Crippen molar-refractivity contribution in [2.75, 3.05) is 71.3 Å². The smallest absolute Gasteiger partial charge is 0.246 e. The quantitative estimate of drug-likeness (QED) is 0.0707. The number of nitrogens with zero attached hydrogens (tertiary/aromatic N) is 1. The summed E-state index contributed by atoms with van der Waals surface area (Å²) in [6.07, 6.45) is 4.13. The van der Waals surface area contributed by atoms with Gasteiger partial charge in [-0.25, -0.2) is 0 Å². The molecule has 0 radical (unpaired) electrons. The number of benzene rings is 1. The lowest BCUT2D eigenvalue weighted by molar-refractivity contribution is -0.126. The van der Waals surface area contributed by atoms with Gasteiger partial charge < -0.3 is 39.6 Å². The van der Waals surface area contributed by atoms with Crippen molar-refractivity contribution in [3.05, 3.63) is 36.4 Å². The van der Waals surface area contributed by atoms with E-state index in [2.05, 4.69) is 43.6 Å². The highest BCUT2D eigenvalue weighted by Gasteiger charge is 2.12. The molecule has 1 aromatic rings. The molecule has 0 fully saturated rings. The largest absolute Gasteiger partial charge is 0.490 e. The van der Waals surface area contributed by atoms with Crippen LogP contribution in [0.4, 0.5) is 5.69 Å². The highest BCUT2D eigenvalue weighted by Crippen LogP contribution is 2.20. The Hall–Kier alpha value is -2.66. The first-order chi connectivity index (χ1) is 19.8. The first-order valence-corrected chi connectivity index (χ1v) is 14.8. The zero-order chi connectivity index (χ0) is 30.1. The number of thioether (sulfide) groups is 1. The van der Waals surface area contributed by atoms with Gasteiger partial charge in [0.15, 0.2) is 5.44 Å². The molecule has 0 aromatic heterocycles. The number of ether oxygens (including phenoxy) is 5. The molecule has 11 nitrogen and oxygen atoms in total. The van der Waals surface area contributed by atoms with Crippen LogP contribution < -0.4 is 20.7 Å². The molecule has 0 saturated carbocycles. The lowest BCUT2D eigenvalue weighted by Gasteiger charge is -2.16. The third-order valence-corrected chi connectivity index (χ3v) is 5.68. The summed E-state index contributed by atoms with van der Waals surface area (Å²) in [6, 6.07) is 7.40. The van der Waals surface area contributed by atoms with Crippen LogP contribution in [0.25, 0.3) is 0 Å². The Balaban J connectivity index is 2.24. The molecule has 0 spiro atoms. The summed E-state index contributed by atoms with van der Waals surface area (Å²) in [5.41, 5.74) is 0.0368. The third kappa shape index (κ3) is 21.7. The first-order valence-electron chi connectivity index (χ1n) is 13.9. The summed E-state index contributed by atoms with van der Waals surface area (Å²) < 4.78 is 27.7. The van der Waals surface area contributed by atoms with E-state index in [0.29, 0.717) is 56.4 Å². The topological polar surface area (TPSA) is 140 Å². The summed E-state index contributed by atoms with van der Waals surface area (Å²) >= 11 is 0.930. The number of nitrogens with one attached hydrogen (secondary N) is 3. The Morgan fingerprint density at radius 1 is 1.00 bits per heavy atom. The summed E-state index contributed by atoms with van der Waals surface area (Å²) in [5, 5.41) is 19.9. The number of anilines is 1. The van der Waals surface area contributed by atoms with Gasteiger partial charge in [-0.15, -0.1) is 0 Å². The van der Waals surface area contributed by atoms with Crippen molar-refractivity contribution in [3.8, 4) is 11.2 Å². The van der Waals surface area contributed by atoms with Crippen molar-refractivity contribution < 1.29 is 33.3 Å². The molecular formula is C29H46N4O7S. The van der Waals surface area contributed by atoms with E-state index >= 15 is 0 Å². The fraction of sp³-hybridized carbons (Fsp3) is 0.621. The van der Waals surface area contributed by atoms with E-state index in [1.54, 1.807) is 24.3 Å². The number of thiocyanates is 1. The molecule has 1 unspecified atom stereocenters. The van der Waals surface area contributed by atoms with Gasteiger partial charge >= 0.3 is 0 Å². The minimum Gasteiger partial charge on any atom is -0.490 e. The second-order valence-electron chi connectivity index (χ2n) is 9.51. The van der Waals surface area contributed by atoms with Gasteiger partial charge in [-0.05, 0) is 29.8 Å². The Morgan fingerprint density at radius 3 is 2.49 bits per heavy atom. The van der Waals surface area contributed by atoms with Crippen molar-refractivity contribution in [1.82, 2.24) is 10.6 Å². The first kappa shape index (κ1) is 36.4. The lowest BCUT2D eigenvalue weighted by Crippen LogP contribution is -2.28. The van der Waals surface area contributed by atoms with Crippen molar-refractivity contribution in [3.63, 3.8) is 0 Å². The molecule has 0 aliphatic rings. The number of carbonyl (C=O) groups is 2. The predicted molar refractivity (Wildman–Crippen MR) is 161 cm³/mol. The van der Waals surface area contributed by atoms with Crippen molar-refractivity contribution in [2.45, 2.75) is 45.6 Å². The number of amides is 2. The Bertz CT molecular complexity index is 925. The predicted octanol–water partition coefficient (Wildman–Crippen LogP) is 3.33. The van der Waals surface area contributed by atoms with E-state index in [1.807, 2.05) is 17.6 Å². The Labute approximate surface area is 248 Å². The number of carbonyl (C=O) groups excluding carboxylic acids is 2. The van der Waals surface area contributed by atoms with Crippen LogP contribution in [0, 0.1) is 16.6 Å². The van der Waals surface area contributed by atoms with Crippen LogP contribution in [0.15, 0.2) is 36.4 Å². The molecule has 0 aliphatic heterocycles. The minimum absolute atomic E-state index is 0.0685. The van der Waals surface area contributed by atoms with E-state index in [4.69, 9.17) is 28.9 Å². The van der Waals surface area contributed by atoms with Crippen LogP contribution in [-0.2, 0) is 28.5 Å². The molecule has 1 aromatic carbocycles. The Morgan fingerprint density at radius 2 is 1.76 bits per heavy atom. The van der Waals surface area contributed by atoms with Gasteiger partial charge in [-0.1, -0.05) is 45.9 Å². The van der Waals surface area contributed by atoms with Crippen molar-refractivity contribution in [1.29, 1.82) is 5.26 Å². The molecule has 3 N–H and O–H groups in total. The molecule has 41 heavy (non-hydrogen) atoms. The number of hydrogen-bond acceptors (Lipinski definition) is 10. The van der Waals surface area contributed by atoms with Gasteiger partial charge in [0.25, 0.3) is 0 Å². The zero-order valence-corrected chi connectivity index (χ0v) is 25.5. The summed E-state index contributed by atoms with van der Waals surface area (Å²) in [4.78, 5) is 24.0. The average Bonchev–Trinajstić information content (AvgIpc) is 2.92. The van der Waals surface area contributed by atoms with Crippen molar-refractivity contribution >= 4 is 29.3 Å². The van der Waals surface area contributed by atoms with Crippen LogP contribution in [0.1, 0.15) is 34.1 Å². The molecule has 2 amide bonds. The maximum Gasteiger partial charge on any atom is 0.246 e. The van der Waals surface area contributed by atoms with E-state index in [9.17, 15) is 9.59 Å². The monoisotopic (exact) mass is 594 g/mol. The maximum atomic E-state index is 12.2. The van der Waals surface area contributed by atoms with Gasteiger partial charge in [0.1, 0.15) is 24.4 Å². The lowest BCUT2D eigenvalue weighted by atomic mass is 10.2. The normalized spacial score (nSPS) is 12.0. The molecule has 12 heteroatoms. The second-order valence-corrected chi connectivity index (χ2v) is 10.5. The summed E-state index contributed by atoms with van der Waals surface area (Å²) in [7, 11) is 0. The third-order valence-electron chi connectivity index (χ3n) is 5.04. The number of allylic oxidation sites excluding steroid dienone is 1. The fourth-order valence-corrected chi connectivity index (χ4v) is 3.52. The Kier molecular flexibility index (Phi) is 21.3. The zero-order valence-electron chi connectivity index (χ0n) is 24.7. The molecule has 0 bridgehead atoms. The standard InChI is InChI=1S/C29H46N4O7S/c1-23(2)7-6-11-32-28(35)20-38-17-18-39-29(41-22-30)21-40-26-9-5-8-25(19-26)33-27(34)10-13-36-15-16-37-14-12-31-24(3)4/h5-9,19,23-24,29,31H,10-18,20-21H2,1-4H3,(H,32,35)(H,33,34)/b7-6+. The number of hydrogen-bond donors (Lipinski definition) is 3. The van der Waals surface area contributed by atoms with Gasteiger partial charge in [0.2, 0.25) is 11.8 Å².